The first-order chi connectivity index (χ1) is 8.60. The summed E-state index contributed by atoms with van der Waals surface area (Å²) in [6, 6.07) is 3.62. The number of aliphatic hydroxyl groups excluding tert-OH is 1. The zero-order valence-corrected chi connectivity index (χ0v) is 10.5. The van der Waals surface area contributed by atoms with Crippen LogP contribution >= 0.6 is 0 Å². The van der Waals surface area contributed by atoms with E-state index in [1.807, 2.05) is 6.92 Å². The minimum absolute atomic E-state index is 0.271. The molecule has 0 amide bonds. The molecule has 1 aliphatic rings. The largest absolute Gasteiger partial charge is 0.385 e. The Labute approximate surface area is 106 Å². The lowest BCUT2D eigenvalue weighted by Gasteiger charge is -2.34. The van der Waals surface area contributed by atoms with E-state index in [1.54, 1.807) is 0 Å². The Balaban J connectivity index is 2.36. The van der Waals surface area contributed by atoms with Gasteiger partial charge in [-0.25, -0.2) is 8.78 Å². The molecule has 0 aromatic heterocycles. The first kappa shape index (κ1) is 13.4. The molecule has 1 aliphatic carbocycles. The van der Waals surface area contributed by atoms with Crippen LogP contribution in [0.5, 0.6) is 0 Å². The number of hydrogen-bond donors (Lipinski definition) is 1. The quantitative estimate of drug-likeness (QED) is 0.895. The van der Waals surface area contributed by atoms with Gasteiger partial charge in [0.05, 0.1) is 11.2 Å². The van der Waals surface area contributed by atoms with E-state index in [9.17, 15) is 13.9 Å². The van der Waals surface area contributed by atoms with Crippen molar-refractivity contribution in [3.8, 4) is 0 Å². The maximum atomic E-state index is 13.7. The van der Waals surface area contributed by atoms with E-state index in [0.29, 0.717) is 19.4 Å². The molecule has 1 aromatic rings. The molecule has 0 spiro atoms. The van der Waals surface area contributed by atoms with Crippen LogP contribution in [0.2, 0.25) is 0 Å². The highest BCUT2D eigenvalue weighted by molar-refractivity contribution is 5.25. The molecule has 1 aromatic carbocycles. The standard InChI is InChI=1S/C14H18F2O2/c1-2-18-14(8-3-4-9-14)13(17)12-10(15)6-5-7-11(12)16/h5-7,13,17H,2-4,8-9H2,1H3. The Morgan fingerprint density at radius 2 is 1.83 bits per heavy atom. The average molecular weight is 256 g/mol. The Kier molecular flexibility index (Phi) is 3.97. The first-order valence-corrected chi connectivity index (χ1v) is 6.36. The highest BCUT2D eigenvalue weighted by Gasteiger charge is 2.44. The SMILES string of the molecule is CCOC1(C(O)c2c(F)cccc2F)CCCC1. The lowest BCUT2D eigenvalue weighted by Crippen LogP contribution is -2.37. The van der Waals surface area contributed by atoms with Crippen LogP contribution in [0.3, 0.4) is 0 Å². The van der Waals surface area contributed by atoms with Gasteiger partial charge >= 0.3 is 0 Å². The molecule has 2 nitrogen and oxygen atoms in total. The van der Waals surface area contributed by atoms with E-state index in [4.69, 9.17) is 4.74 Å². The third kappa shape index (κ3) is 2.27. The van der Waals surface area contributed by atoms with Crippen LogP contribution in [0.15, 0.2) is 18.2 Å². The molecule has 18 heavy (non-hydrogen) atoms. The smallest absolute Gasteiger partial charge is 0.132 e. The van der Waals surface area contributed by atoms with Crippen molar-refractivity contribution in [3.63, 3.8) is 0 Å². The van der Waals surface area contributed by atoms with E-state index in [-0.39, 0.29) is 5.56 Å². The number of ether oxygens (including phenoxy) is 1. The minimum Gasteiger partial charge on any atom is -0.385 e. The van der Waals surface area contributed by atoms with Crippen molar-refractivity contribution in [2.24, 2.45) is 0 Å². The molecule has 1 fully saturated rings. The zero-order valence-electron chi connectivity index (χ0n) is 10.5. The topological polar surface area (TPSA) is 29.5 Å². The monoisotopic (exact) mass is 256 g/mol. The lowest BCUT2D eigenvalue weighted by atomic mass is 9.88. The van der Waals surface area contributed by atoms with Gasteiger partial charge in [-0.3, -0.25) is 0 Å². The summed E-state index contributed by atoms with van der Waals surface area (Å²) in [5.74, 6) is -1.43. The fourth-order valence-corrected chi connectivity index (χ4v) is 2.79. The first-order valence-electron chi connectivity index (χ1n) is 6.36. The second-order valence-electron chi connectivity index (χ2n) is 4.74. The van der Waals surface area contributed by atoms with Gasteiger partial charge in [-0.05, 0) is 31.9 Å². The van der Waals surface area contributed by atoms with E-state index in [2.05, 4.69) is 0 Å². The minimum atomic E-state index is -1.25. The summed E-state index contributed by atoms with van der Waals surface area (Å²) in [7, 11) is 0. The summed E-state index contributed by atoms with van der Waals surface area (Å²) in [5.41, 5.74) is -1.11. The van der Waals surface area contributed by atoms with Crippen LogP contribution in [0.1, 0.15) is 44.3 Å². The highest BCUT2D eigenvalue weighted by Crippen LogP contribution is 2.44. The van der Waals surface area contributed by atoms with E-state index in [1.165, 1.54) is 6.07 Å². The number of rotatable bonds is 4. The molecule has 1 unspecified atom stereocenters. The van der Waals surface area contributed by atoms with E-state index in [0.717, 1.165) is 25.0 Å². The van der Waals surface area contributed by atoms with Crippen molar-refractivity contribution >= 4 is 0 Å². The number of benzene rings is 1. The van der Waals surface area contributed by atoms with Crippen LogP contribution < -0.4 is 0 Å². The Bertz CT molecular complexity index is 394. The summed E-state index contributed by atoms with van der Waals surface area (Å²) < 4.78 is 33.1. The second-order valence-corrected chi connectivity index (χ2v) is 4.74. The van der Waals surface area contributed by atoms with E-state index < -0.39 is 23.3 Å². The van der Waals surface area contributed by atoms with Crippen molar-refractivity contribution in [1.29, 1.82) is 0 Å². The third-order valence-corrected chi connectivity index (χ3v) is 3.65. The number of hydrogen-bond acceptors (Lipinski definition) is 2. The molecule has 1 atom stereocenters. The summed E-state index contributed by atoms with van der Waals surface area (Å²) >= 11 is 0. The molecule has 0 aliphatic heterocycles. The van der Waals surface area contributed by atoms with Gasteiger partial charge in [0, 0.05) is 6.61 Å². The van der Waals surface area contributed by atoms with Gasteiger partial charge in [0.2, 0.25) is 0 Å². The number of aliphatic hydroxyl groups is 1. The second kappa shape index (κ2) is 5.33. The molecular formula is C14H18F2O2. The maximum Gasteiger partial charge on any atom is 0.132 e. The van der Waals surface area contributed by atoms with Crippen molar-refractivity contribution in [1.82, 2.24) is 0 Å². The van der Waals surface area contributed by atoms with Gasteiger partial charge in [0.25, 0.3) is 0 Å². The molecule has 1 N–H and O–H groups in total. The summed E-state index contributed by atoms with van der Waals surface area (Å²) in [6.07, 6.45) is 1.84. The van der Waals surface area contributed by atoms with Crippen LogP contribution in [0.4, 0.5) is 8.78 Å². The normalized spacial score (nSPS) is 20.0. The molecule has 0 radical (unpaired) electrons. The molecule has 2 rings (SSSR count). The summed E-state index contributed by atoms with van der Waals surface area (Å²) in [4.78, 5) is 0. The molecular weight excluding hydrogens is 238 g/mol. The fraction of sp³-hybridized carbons (Fsp3) is 0.571. The lowest BCUT2D eigenvalue weighted by molar-refractivity contribution is -0.120. The zero-order chi connectivity index (χ0) is 13.2. The van der Waals surface area contributed by atoms with Crippen LogP contribution in [0, 0.1) is 11.6 Å². The van der Waals surface area contributed by atoms with Gasteiger partial charge in [-0.2, -0.15) is 0 Å². The fourth-order valence-electron chi connectivity index (χ4n) is 2.79. The van der Waals surface area contributed by atoms with Crippen molar-refractivity contribution < 1.29 is 18.6 Å². The van der Waals surface area contributed by atoms with E-state index >= 15 is 0 Å². The number of halogens is 2. The summed E-state index contributed by atoms with van der Waals surface area (Å²) in [5, 5.41) is 10.4. The molecule has 100 valence electrons. The molecule has 0 bridgehead atoms. The predicted octanol–water partition coefficient (Wildman–Crippen LogP) is 3.35. The molecule has 0 heterocycles. The van der Waals surface area contributed by atoms with Crippen molar-refractivity contribution in [2.75, 3.05) is 6.61 Å². The molecule has 0 saturated heterocycles. The van der Waals surface area contributed by atoms with Crippen molar-refractivity contribution in [3.05, 3.63) is 35.4 Å². The van der Waals surface area contributed by atoms with Gasteiger partial charge in [0.15, 0.2) is 0 Å². The third-order valence-electron chi connectivity index (χ3n) is 3.65. The highest BCUT2D eigenvalue weighted by atomic mass is 19.1. The van der Waals surface area contributed by atoms with Gasteiger partial charge < -0.3 is 9.84 Å². The van der Waals surface area contributed by atoms with Crippen molar-refractivity contribution in [2.45, 2.75) is 44.3 Å². The Morgan fingerprint density at radius 3 is 2.33 bits per heavy atom. The molecule has 4 heteroatoms. The predicted molar refractivity (Wildman–Crippen MR) is 64.1 cm³/mol. The van der Waals surface area contributed by atoms with Crippen LogP contribution in [-0.4, -0.2) is 17.3 Å². The Hall–Kier alpha value is -1.00. The van der Waals surface area contributed by atoms with Gasteiger partial charge in [-0.15, -0.1) is 0 Å². The van der Waals surface area contributed by atoms with Gasteiger partial charge in [-0.1, -0.05) is 18.9 Å². The Morgan fingerprint density at radius 1 is 1.28 bits per heavy atom. The molecule has 1 saturated carbocycles. The van der Waals surface area contributed by atoms with Crippen LogP contribution in [-0.2, 0) is 4.74 Å². The summed E-state index contributed by atoms with van der Waals surface area (Å²) in [6.45, 7) is 2.25. The van der Waals surface area contributed by atoms with Gasteiger partial charge in [0.1, 0.15) is 17.7 Å². The average Bonchev–Trinajstić information content (AvgIpc) is 2.79. The van der Waals surface area contributed by atoms with Crippen LogP contribution in [0.25, 0.3) is 0 Å². The maximum absolute atomic E-state index is 13.7.